The molecule has 1 aliphatic heterocycles. The number of nitrogens with zero attached hydrogens (tertiary/aromatic N) is 1. The van der Waals surface area contributed by atoms with Crippen molar-refractivity contribution in [2.45, 2.75) is 37.1 Å². The summed E-state index contributed by atoms with van der Waals surface area (Å²) in [4.78, 5) is 4.32. The van der Waals surface area contributed by atoms with Gasteiger partial charge in [0.15, 0.2) is 5.79 Å². The molecular formula is C11H14BrNO3S. The van der Waals surface area contributed by atoms with Crippen LogP contribution in [0.2, 0.25) is 0 Å². The third-order valence-electron chi connectivity index (χ3n) is 3.53. The molecular weight excluding hydrogens is 306 g/mol. The summed E-state index contributed by atoms with van der Waals surface area (Å²) in [5.41, 5.74) is -0.808. The molecule has 94 valence electrons. The van der Waals surface area contributed by atoms with Crippen LogP contribution in [0.5, 0.6) is 0 Å². The topological polar surface area (TPSA) is 51.6 Å². The smallest absolute Gasteiger partial charge is 0.168 e. The van der Waals surface area contributed by atoms with Gasteiger partial charge in [0.1, 0.15) is 15.2 Å². The number of halogens is 1. The van der Waals surface area contributed by atoms with Crippen LogP contribution in [-0.4, -0.2) is 29.1 Å². The Balaban J connectivity index is 1.75. The van der Waals surface area contributed by atoms with Gasteiger partial charge in [0.2, 0.25) is 0 Å². The second-order valence-corrected chi connectivity index (χ2v) is 6.29. The summed E-state index contributed by atoms with van der Waals surface area (Å²) < 4.78 is 12.1. The van der Waals surface area contributed by atoms with Crippen LogP contribution in [0.25, 0.3) is 0 Å². The summed E-state index contributed by atoms with van der Waals surface area (Å²) in [7, 11) is 0. The van der Waals surface area contributed by atoms with Crippen molar-refractivity contribution in [3.8, 4) is 0 Å². The molecule has 0 atom stereocenters. The van der Waals surface area contributed by atoms with Crippen LogP contribution in [-0.2, 0) is 15.1 Å². The summed E-state index contributed by atoms with van der Waals surface area (Å²) in [6.45, 7) is 1.34. The van der Waals surface area contributed by atoms with Crippen LogP contribution in [0.3, 0.4) is 0 Å². The molecule has 1 saturated heterocycles. The standard InChI is InChI=1S/C11H14BrNO3S/c12-8-7-17-9(13-8)10(14)1-3-11(4-2-10)15-5-6-16-11/h7,14H,1-6H2. The molecule has 0 bridgehead atoms. The predicted molar refractivity (Wildman–Crippen MR) is 66.8 cm³/mol. The number of aromatic nitrogens is 1. The SMILES string of the molecule is OC1(c2nc(Br)cs2)CCC2(CC1)OCCO2. The van der Waals surface area contributed by atoms with Gasteiger partial charge in [0, 0.05) is 18.2 Å². The predicted octanol–water partition coefficient (Wildman–Crippen LogP) is 2.41. The highest BCUT2D eigenvalue weighted by atomic mass is 79.9. The third kappa shape index (κ3) is 2.17. The molecule has 1 aliphatic carbocycles. The first-order valence-corrected chi connectivity index (χ1v) is 7.41. The summed E-state index contributed by atoms with van der Waals surface area (Å²) >= 11 is 4.82. The second-order valence-electron chi connectivity index (χ2n) is 4.61. The first-order chi connectivity index (χ1) is 8.12. The molecule has 4 nitrogen and oxygen atoms in total. The zero-order chi connectivity index (χ0) is 11.9. The monoisotopic (exact) mass is 319 g/mol. The Morgan fingerprint density at radius 3 is 2.41 bits per heavy atom. The average molecular weight is 320 g/mol. The Kier molecular flexibility index (Phi) is 3.03. The van der Waals surface area contributed by atoms with Crippen molar-refractivity contribution in [1.82, 2.24) is 4.98 Å². The van der Waals surface area contributed by atoms with Crippen molar-refractivity contribution < 1.29 is 14.6 Å². The maximum Gasteiger partial charge on any atom is 0.168 e. The molecule has 6 heteroatoms. The first-order valence-electron chi connectivity index (χ1n) is 5.74. The fraction of sp³-hybridized carbons (Fsp3) is 0.727. The van der Waals surface area contributed by atoms with E-state index in [1.54, 1.807) is 0 Å². The zero-order valence-corrected chi connectivity index (χ0v) is 11.7. The summed E-state index contributed by atoms with van der Waals surface area (Å²) in [6.07, 6.45) is 2.77. The highest BCUT2D eigenvalue weighted by Gasteiger charge is 2.47. The van der Waals surface area contributed by atoms with E-state index in [9.17, 15) is 5.11 Å². The summed E-state index contributed by atoms with van der Waals surface area (Å²) in [6, 6.07) is 0. The lowest BCUT2D eigenvalue weighted by atomic mass is 9.82. The van der Waals surface area contributed by atoms with Crippen LogP contribution in [0.1, 0.15) is 30.7 Å². The number of hydrogen-bond donors (Lipinski definition) is 1. The molecule has 0 unspecified atom stereocenters. The average Bonchev–Trinajstić information content (AvgIpc) is 2.94. The van der Waals surface area contributed by atoms with Crippen LogP contribution in [0.15, 0.2) is 9.98 Å². The van der Waals surface area contributed by atoms with E-state index in [-0.39, 0.29) is 0 Å². The number of aliphatic hydroxyl groups is 1. The Hall–Kier alpha value is -0.0100. The molecule has 1 spiro atoms. The number of rotatable bonds is 1. The molecule has 1 saturated carbocycles. The van der Waals surface area contributed by atoms with Crippen molar-refractivity contribution in [2.24, 2.45) is 0 Å². The van der Waals surface area contributed by atoms with Gasteiger partial charge in [0.25, 0.3) is 0 Å². The van der Waals surface area contributed by atoms with E-state index in [4.69, 9.17) is 9.47 Å². The minimum atomic E-state index is -0.808. The van der Waals surface area contributed by atoms with Gasteiger partial charge in [-0.1, -0.05) is 0 Å². The van der Waals surface area contributed by atoms with Crippen LogP contribution in [0, 0.1) is 0 Å². The number of thiazole rings is 1. The second kappa shape index (κ2) is 4.28. The van der Waals surface area contributed by atoms with E-state index in [0.717, 1.165) is 22.5 Å². The van der Waals surface area contributed by atoms with Gasteiger partial charge < -0.3 is 14.6 Å². The van der Waals surface area contributed by atoms with Crippen molar-refractivity contribution >= 4 is 27.3 Å². The summed E-state index contributed by atoms with van der Waals surface area (Å²) in [5, 5.41) is 13.3. The van der Waals surface area contributed by atoms with Gasteiger partial charge in [-0.25, -0.2) is 4.98 Å². The van der Waals surface area contributed by atoms with E-state index in [1.807, 2.05) is 5.38 Å². The Labute approximate surface area is 112 Å². The molecule has 0 amide bonds. The van der Waals surface area contributed by atoms with Crippen molar-refractivity contribution in [3.05, 3.63) is 15.0 Å². The highest BCUT2D eigenvalue weighted by Crippen LogP contribution is 2.45. The van der Waals surface area contributed by atoms with E-state index in [0.29, 0.717) is 26.1 Å². The summed E-state index contributed by atoms with van der Waals surface area (Å²) in [5.74, 6) is -0.430. The number of ether oxygens (including phenoxy) is 2. The van der Waals surface area contributed by atoms with E-state index >= 15 is 0 Å². The minimum Gasteiger partial charge on any atom is -0.383 e. The maximum absolute atomic E-state index is 10.6. The van der Waals surface area contributed by atoms with E-state index in [2.05, 4.69) is 20.9 Å². The molecule has 1 aromatic rings. The van der Waals surface area contributed by atoms with E-state index < -0.39 is 11.4 Å². The zero-order valence-electron chi connectivity index (χ0n) is 9.32. The van der Waals surface area contributed by atoms with Crippen LogP contribution < -0.4 is 0 Å². The van der Waals surface area contributed by atoms with Crippen molar-refractivity contribution in [3.63, 3.8) is 0 Å². The highest BCUT2D eigenvalue weighted by molar-refractivity contribution is 9.10. The van der Waals surface area contributed by atoms with Crippen molar-refractivity contribution in [2.75, 3.05) is 13.2 Å². The van der Waals surface area contributed by atoms with Gasteiger partial charge in [0.05, 0.1) is 13.2 Å². The Morgan fingerprint density at radius 2 is 1.88 bits per heavy atom. The minimum absolute atomic E-state index is 0.430. The normalized spacial score (nSPS) is 26.5. The van der Waals surface area contributed by atoms with E-state index in [1.165, 1.54) is 11.3 Å². The lowest BCUT2D eigenvalue weighted by molar-refractivity contribution is -0.204. The molecule has 1 aromatic heterocycles. The lowest BCUT2D eigenvalue weighted by Crippen LogP contribution is -2.42. The quantitative estimate of drug-likeness (QED) is 0.863. The molecule has 17 heavy (non-hydrogen) atoms. The molecule has 1 N–H and O–H groups in total. The third-order valence-corrected chi connectivity index (χ3v) is 5.27. The van der Waals surface area contributed by atoms with Gasteiger partial charge in [-0.3, -0.25) is 0 Å². The van der Waals surface area contributed by atoms with Crippen LogP contribution >= 0.6 is 27.3 Å². The Morgan fingerprint density at radius 1 is 1.24 bits per heavy atom. The van der Waals surface area contributed by atoms with Gasteiger partial charge in [-0.05, 0) is 28.8 Å². The molecule has 2 fully saturated rings. The molecule has 0 aromatic carbocycles. The first kappa shape index (κ1) is 12.0. The molecule has 3 rings (SSSR count). The molecule has 2 heterocycles. The maximum atomic E-state index is 10.6. The number of hydrogen-bond acceptors (Lipinski definition) is 5. The molecule has 0 radical (unpaired) electrons. The van der Waals surface area contributed by atoms with Crippen LogP contribution in [0.4, 0.5) is 0 Å². The fourth-order valence-corrected chi connectivity index (χ4v) is 3.92. The Bertz CT molecular complexity index is 407. The van der Waals surface area contributed by atoms with Gasteiger partial charge >= 0.3 is 0 Å². The molecule has 2 aliphatic rings. The van der Waals surface area contributed by atoms with Gasteiger partial charge in [-0.2, -0.15) is 0 Å². The largest absolute Gasteiger partial charge is 0.383 e. The van der Waals surface area contributed by atoms with Gasteiger partial charge in [-0.15, -0.1) is 11.3 Å². The lowest BCUT2D eigenvalue weighted by Gasteiger charge is -2.39. The fourth-order valence-electron chi connectivity index (χ4n) is 2.51. The van der Waals surface area contributed by atoms with Crippen molar-refractivity contribution in [1.29, 1.82) is 0 Å².